The minimum absolute atomic E-state index is 0.295. The molecule has 0 aliphatic carbocycles. The SMILES string of the molecule is CC1(C2CCN(CCc3cc(F)ccc3F)CC2)CCOCC1. The van der Waals surface area contributed by atoms with Crippen molar-refractivity contribution in [1.29, 1.82) is 0 Å². The lowest BCUT2D eigenvalue weighted by molar-refractivity contribution is -0.0252. The van der Waals surface area contributed by atoms with Crippen LogP contribution >= 0.6 is 0 Å². The Balaban J connectivity index is 1.48. The van der Waals surface area contributed by atoms with Gasteiger partial charge < -0.3 is 9.64 Å². The maximum atomic E-state index is 13.7. The molecule has 2 aliphatic heterocycles. The number of hydrogen-bond donors (Lipinski definition) is 0. The smallest absolute Gasteiger partial charge is 0.126 e. The van der Waals surface area contributed by atoms with E-state index < -0.39 is 0 Å². The maximum Gasteiger partial charge on any atom is 0.126 e. The van der Waals surface area contributed by atoms with E-state index in [0.717, 1.165) is 38.8 Å². The Morgan fingerprint density at radius 1 is 1.17 bits per heavy atom. The van der Waals surface area contributed by atoms with Crippen molar-refractivity contribution in [2.75, 3.05) is 32.8 Å². The summed E-state index contributed by atoms with van der Waals surface area (Å²) in [6.07, 6.45) is 5.35. The normalized spacial score (nSPS) is 23.1. The van der Waals surface area contributed by atoms with Gasteiger partial charge in [0.25, 0.3) is 0 Å². The summed E-state index contributed by atoms with van der Waals surface area (Å²) in [5.41, 5.74) is 0.919. The second-order valence-corrected chi connectivity index (χ2v) is 7.37. The van der Waals surface area contributed by atoms with Crippen molar-refractivity contribution in [3.05, 3.63) is 35.4 Å². The third-order valence-corrected chi connectivity index (χ3v) is 5.91. The van der Waals surface area contributed by atoms with Gasteiger partial charge in [-0.05, 0) is 80.3 Å². The molecule has 0 unspecified atom stereocenters. The van der Waals surface area contributed by atoms with E-state index in [1.54, 1.807) is 0 Å². The van der Waals surface area contributed by atoms with E-state index in [4.69, 9.17) is 4.74 Å². The van der Waals surface area contributed by atoms with E-state index in [2.05, 4.69) is 11.8 Å². The average molecular weight is 323 g/mol. The highest BCUT2D eigenvalue weighted by Crippen LogP contribution is 2.42. The van der Waals surface area contributed by atoms with Crippen molar-refractivity contribution in [3.8, 4) is 0 Å². The van der Waals surface area contributed by atoms with Crippen LogP contribution in [0.25, 0.3) is 0 Å². The molecule has 2 saturated heterocycles. The number of piperidine rings is 1. The van der Waals surface area contributed by atoms with Crippen LogP contribution < -0.4 is 0 Å². The molecule has 1 aromatic rings. The lowest BCUT2D eigenvalue weighted by Gasteiger charge is -2.44. The topological polar surface area (TPSA) is 12.5 Å². The van der Waals surface area contributed by atoms with Crippen LogP contribution in [0, 0.1) is 23.0 Å². The summed E-state index contributed by atoms with van der Waals surface area (Å²) in [4.78, 5) is 2.39. The minimum atomic E-state index is -0.354. The molecule has 0 spiro atoms. The van der Waals surface area contributed by atoms with Gasteiger partial charge in [-0.3, -0.25) is 0 Å². The van der Waals surface area contributed by atoms with Crippen molar-refractivity contribution >= 4 is 0 Å². The Kier molecular flexibility index (Phi) is 5.32. The quantitative estimate of drug-likeness (QED) is 0.829. The van der Waals surface area contributed by atoms with Gasteiger partial charge in [-0.25, -0.2) is 8.78 Å². The number of nitrogens with zero attached hydrogens (tertiary/aromatic N) is 1. The zero-order valence-corrected chi connectivity index (χ0v) is 14.0. The molecule has 4 heteroatoms. The molecule has 0 aromatic heterocycles. The van der Waals surface area contributed by atoms with Gasteiger partial charge >= 0.3 is 0 Å². The van der Waals surface area contributed by atoms with E-state index in [1.807, 2.05) is 0 Å². The summed E-state index contributed by atoms with van der Waals surface area (Å²) in [6, 6.07) is 3.73. The second-order valence-electron chi connectivity index (χ2n) is 7.37. The highest BCUT2D eigenvalue weighted by molar-refractivity contribution is 5.19. The first-order chi connectivity index (χ1) is 11.1. The molecule has 2 fully saturated rings. The van der Waals surface area contributed by atoms with E-state index in [1.165, 1.54) is 43.9 Å². The summed E-state index contributed by atoms with van der Waals surface area (Å²) in [5, 5.41) is 0. The van der Waals surface area contributed by atoms with Crippen LogP contribution in [-0.4, -0.2) is 37.7 Å². The summed E-state index contributed by atoms with van der Waals surface area (Å²) < 4.78 is 32.4. The van der Waals surface area contributed by atoms with Crippen molar-refractivity contribution in [2.45, 2.75) is 39.0 Å². The molecule has 23 heavy (non-hydrogen) atoms. The third-order valence-electron chi connectivity index (χ3n) is 5.91. The molecule has 1 aromatic carbocycles. The first-order valence-electron chi connectivity index (χ1n) is 8.81. The van der Waals surface area contributed by atoms with E-state index >= 15 is 0 Å². The first kappa shape index (κ1) is 16.8. The minimum Gasteiger partial charge on any atom is -0.381 e. The van der Waals surface area contributed by atoms with Crippen molar-refractivity contribution in [1.82, 2.24) is 4.90 Å². The average Bonchev–Trinajstić information content (AvgIpc) is 2.57. The fraction of sp³-hybridized carbons (Fsp3) is 0.684. The lowest BCUT2D eigenvalue weighted by Crippen LogP contribution is -2.42. The molecule has 0 radical (unpaired) electrons. The maximum absolute atomic E-state index is 13.7. The summed E-state index contributed by atoms with van der Waals surface area (Å²) in [5.74, 6) is 0.122. The van der Waals surface area contributed by atoms with E-state index in [9.17, 15) is 8.78 Å². The number of likely N-dealkylation sites (tertiary alicyclic amines) is 1. The highest BCUT2D eigenvalue weighted by Gasteiger charge is 2.37. The largest absolute Gasteiger partial charge is 0.381 e. The summed E-state index contributed by atoms with van der Waals surface area (Å²) in [6.45, 7) is 7.16. The van der Waals surface area contributed by atoms with Gasteiger partial charge in [0.15, 0.2) is 0 Å². The highest BCUT2D eigenvalue weighted by atomic mass is 19.1. The Morgan fingerprint density at radius 3 is 2.57 bits per heavy atom. The van der Waals surface area contributed by atoms with E-state index in [0.29, 0.717) is 17.4 Å². The zero-order chi connectivity index (χ0) is 16.3. The number of hydrogen-bond acceptors (Lipinski definition) is 2. The van der Waals surface area contributed by atoms with Crippen LogP contribution in [0.1, 0.15) is 38.2 Å². The van der Waals surface area contributed by atoms with Gasteiger partial charge in [0, 0.05) is 19.8 Å². The van der Waals surface area contributed by atoms with Crippen molar-refractivity contribution in [3.63, 3.8) is 0 Å². The Hall–Kier alpha value is -1.00. The first-order valence-corrected chi connectivity index (χ1v) is 8.81. The zero-order valence-electron chi connectivity index (χ0n) is 14.0. The van der Waals surface area contributed by atoms with Crippen LogP contribution in [-0.2, 0) is 11.2 Å². The Labute approximate surface area is 137 Å². The molecule has 0 bridgehead atoms. The van der Waals surface area contributed by atoms with Crippen LogP contribution in [0.3, 0.4) is 0 Å². The Bertz CT molecular complexity index is 520. The summed E-state index contributed by atoms with van der Waals surface area (Å²) in [7, 11) is 0. The van der Waals surface area contributed by atoms with Crippen molar-refractivity contribution in [2.24, 2.45) is 11.3 Å². The van der Waals surface area contributed by atoms with Gasteiger partial charge in [0.05, 0.1) is 0 Å². The van der Waals surface area contributed by atoms with Crippen molar-refractivity contribution < 1.29 is 13.5 Å². The van der Waals surface area contributed by atoms with Crippen LogP contribution in [0.15, 0.2) is 18.2 Å². The monoisotopic (exact) mass is 323 g/mol. The molecule has 0 saturated carbocycles. The predicted molar refractivity (Wildman–Crippen MR) is 87.4 cm³/mol. The standard InChI is InChI=1S/C19H27F2NO/c1-19(7-12-23-13-8-19)16-5-10-22(11-6-16)9-4-15-14-17(20)2-3-18(15)21/h2-3,14,16H,4-13H2,1H3. The molecule has 0 amide bonds. The molecular weight excluding hydrogens is 296 g/mol. The van der Waals surface area contributed by atoms with Crippen LogP contribution in [0.4, 0.5) is 8.78 Å². The van der Waals surface area contributed by atoms with Gasteiger partial charge in [-0.1, -0.05) is 6.92 Å². The number of benzene rings is 1. The molecule has 2 nitrogen and oxygen atoms in total. The molecular formula is C19H27F2NO. The third kappa shape index (κ3) is 4.10. The van der Waals surface area contributed by atoms with Gasteiger partial charge in [0.1, 0.15) is 11.6 Å². The lowest BCUT2D eigenvalue weighted by atomic mass is 9.68. The van der Waals surface area contributed by atoms with Crippen LogP contribution in [0.5, 0.6) is 0 Å². The molecule has 0 atom stereocenters. The molecule has 2 aliphatic rings. The molecule has 2 heterocycles. The molecule has 128 valence electrons. The fourth-order valence-electron chi connectivity index (χ4n) is 4.11. The number of halogens is 2. The van der Waals surface area contributed by atoms with E-state index in [-0.39, 0.29) is 11.6 Å². The summed E-state index contributed by atoms with van der Waals surface area (Å²) >= 11 is 0. The fourth-order valence-corrected chi connectivity index (χ4v) is 4.11. The van der Waals surface area contributed by atoms with Gasteiger partial charge in [0.2, 0.25) is 0 Å². The number of rotatable bonds is 4. The Morgan fingerprint density at radius 2 is 1.87 bits per heavy atom. The second kappa shape index (κ2) is 7.27. The van der Waals surface area contributed by atoms with Crippen LogP contribution in [0.2, 0.25) is 0 Å². The van der Waals surface area contributed by atoms with Gasteiger partial charge in [-0.2, -0.15) is 0 Å². The van der Waals surface area contributed by atoms with Gasteiger partial charge in [-0.15, -0.1) is 0 Å². The number of ether oxygens (including phenoxy) is 1. The predicted octanol–water partition coefficient (Wildman–Crippen LogP) is 4.04. The molecule has 3 rings (SSSR count). The molecule has 0 N–H and O–H groups in total.